The SMILES string of the molecule is CCC(COC)n1cccc1C=O. The number of carbonyl (C=O) groups is 1. The zero-order valence-corrected chi connectivity index (χ0v) is 8.06. The van der Waals surface area contributed by atoms with E-state index in [1.165, 1.54) is 0 Å². The molecule has 0 radical (unpaired) electrons. The van der Waals surface area contributed by atoms with Gasteiger partial charge in [-0.15, -0.1) is 0 Å². The Morgan fingerprint density at radius 2 is 2.46 bits per heavy atom. The summed E-state index contributed by atoms with van der Waals surface area (Å²) in [6.07, 6.45) is 3.75. The molecule has 1 atom stereocenters. The Labute approximate surface area is 78.3 Å². The minimum absolute atomic E-state index is 0.264. The Morgan fingerprint density at radius 1 is 1.69 bits per heavy atom. The summed E-state index contributed by atoms with van der Waals surface area (Å²) in [5.74, 6) is 0. The third kappa shape index (κ3) is 2.18. The van der Waals surface area contributed by atoms with Gasteiger partial charge >= 0.3 is 0 Å². The number of carbonyl (C=O) groups excluding carboxylic acids is 1. The van der Waals surface area contributed by atoms with Gasteiger partial charge in [-0.3, -0.25) is 4.79 Å². The number of aromatic nitrogens is 1. The van der Waals surface area contributed by atoms with Crippen molar-refractivity contribution < 1.29 is 9.53 Å². The second kappa shape index (κ2) is 4.82. The largest absolute Gasteiger partial charge is 0.383 e. The fourth-order valence-corrected chi connectivity index (χ4v) is 1.43. The molecule has 72 valence electrons. The van der Waals surface area contributed by atoms with Gasteiger partial charge in [0.05, 0.1) is 18.3 Å². The van der Waals surface area contributed by atoms with Gasteiger partial charge < -0.3 is 9.30 Å². The first kappa shape index (κ1) is 9.99. The fraction of sp³-hybridized carbons (Fsp3) is 0.500. The Morgan fingerprint density at radius 3 is 3.00 bits per heavy atom. The topological polar surface area (TPSA) is 31.2 Å². The van der Waals surface area contributed by atoms with Crippen molar-refractivity contribution >= 4 is 6.29 Å². The maximum absolute atomic E-state index is 10.7. The first-order valence-corrected chi connectivity index (χ1v) is 4.44. The maximum Gasteiger partial charge on any atom is 0.166 e. The number of ether oxygens (including phenoxy) is 1. The lowest BCUT2D eigenvalue weighted by atomic mass is 10.2. The second-order valence-electron chi connectivity index (χ2n) is 2.98. The minimum Gasteiger partial charge on any atom is -0.383 e. The van der Waals surface area contributed by atoms with Crippen molar-refractivity contribution in [2.24, 2.45) is 0 Å². The number of aldehydes is 1. The summed E-state index contributed by atoms with van der Waals surface area (Å²) in [4.78, 5) is 10.7. The van der Waals surface area contributed by atoms with E-state index in [1.54, 1.807) is 7.11 Å². The van der Waals surface area contributed by atoms with E-state index in [4.69, 9.17) is 4.74 Å². The van der Waals surface area contributed by atoms with Crippen LogP contribution in [-0.2, 0) is 4.74 Å². The quantitative estimate of drug-likeness (QED) is 0.649. The molecular formula is C10H15NO2. The van der Waals surface area contributed by atoms with Crippen LogP contribution >= 0.6 is 0 Å². The van der Waals surface area contributed by atoms with Crippen molar-refractivity contribution in [3.05, 3.63) is 24.0 Å². The lowest BCUT2D eigenvalue weighted by Gasteiger charge is -2.17. The average Bonchev–Trinajstić information content (AvgIpc) is 2.61. The van der Waals surface area contributed by atoms with Gasteiger partial charge in [-0.1, -0.05) is 6.92 Å². The molecule has 0 N–H and O–H groups in total. The average molecular weight is 181 g/mol. The van der Waals surface area contributed by atoms with Crippen LogP contribution in [0.5, 0.6) is 0 Å². The number of hydrogen-bond donors (Lipinski definition) is 0. The van der Waals surface area contributed by atoms with E-state index in [9.17, 15) is 4.79 Å². The first-order valence-electron chi connectivity index (χ1n) is 4.44. The van der Waals surface area contributed by atoms with Crippen LogP contribution in [0.2, 0.25) is 0 Å². The lowest BCUT2D eigenvalue weighted by molar-refractivity contribution is 0.110. The van der Waals surface area contributed by atoms with Crippen molar-refractivity contribution in [2.45, 2.75) is 19.4 Å². The van der Waals surface area contributed by atoms with Crippen LogP contribution in [0.4, 0.5) is 0 Å². The minimum atomic E-state index is 0.264. The Bertz CT molecular complexity index is 268. The zero-order valence-electron chi connectivity index (χ0n) is 8.06. The van der Waals surface area contributed by atoms with Gasteiger partial charge in [0, 0.05) is 13.3 Å². The normalized spacial score (nSPS) is 12.8. The van der Waals surface area contributed by atoms with E-state index in [1.807, 2.05) is 22.9 Å². The number of hydrogen-bond acceptors (Lipinski definition) is 2. The molecule has 0 amide bonds. The van der Waals surface area contributed by atoms with Gasteiger partial charge in [0.15, 0.2) is 6.29 Å². The van der Waals surface area contributed by atoms with Gasteiger partial charge in [-0.2, -0.15) is 0 Å². The van der Waals surface area contributed by atoms with E-state index < -0.39 is 0 Å². The van der Waals surface area contributed by atoms with Crippen LogP contribution < -0.4 is 0 Å². The van der Waals surface area contributed by atoms with Crippen LogP contribution in [0, 0.1) is 0 Å². The highest BCUT2D eigenvalue weighted by molar-refractivity contribution is 5.72. The van der Waals surface area contributed by atoms with Crippen LogP contribution in [0.3, 0.4) is 0 Å². The summed E-state index contributed by atoms with van der Waals surface area (Å²) in [5, 5.41) is 0. The second-order valence-corrected chi connectivity index (χ2v) is 2.98. The summed E-state index contributed by atoms with van der Waals surface area (Å²) in [6, 6.07) is 3.95. The summed E-state index contributed by atoms with van der Waals surface area (Å²) >= 11 is 0. The van der Waals surface area contributed by atoms with Crippen LogP contribution in [0.1, 0.15) is 29.9 Å². The smallest absolute Gasteiger partial charge is 0.166 e. The number of rotatable bonds is 5. The molecular weight excluding hydrogens is 166 g/mol. The van der Waals surface area contributed by atoms with Crippen LogP contribution in [-0.4, -0.2) is 24.6 Å². The van der Waals surface area contributed by atoms with Crippen molar-refractivity contribution in [3.63, 3.8) is 0 Å². The molecule has 1 rings (SSSR count). The van der Waals surface area contributed by atoms with Gasteiger partial charge in [-0.05, 0) is 18.6 Å². The molecule has 0 saturated heterocycles. The molecule has 0 aliphatic carbocycles. The molecule has 3 heteroatoms. The molecule has 0 fully saturated rings. The lowest BCUT2D eigenvalue weighted by Crippen LogP contribution is -2.14. The fourth-order valence-electron chi connectivity index (χ4n) is 1.43. The zero-order chi connectivity index (χ0) is 9.68. The predicted molar refractivity (Wildman–Crippen MR) is 51.0 cm³/mol. The highest BCUT2D eigenvalue weighted by atomic mass is 16.5. The molecule has 1 aromatic heterocycles. The highest BCUT2D eigenvalue weighted by Crippen LogP contribution is 2.14. The molecule has 0 aromatic carbocycles. The van der Waals surface area contributed by atoms with E-state index in [-0.39, 0.29) is 6.04 Å². The van der Waals surface area contributed by atoms with Crippen molar-refractivity contribution in [1.82, 2.24) is 4.57 Å². The maximum atomic E-state index is 10.7. The van der Waals surface area contributed by atoms with Crippen molar-refractivity contribution in [1.29, 1.82) is 0 Å². The highest BCUT2D eigenvalue weighted by Gasteiger charge is 2.10. The standard InChI is InChI=1S/C10H15NO2/c1-3-9(8-13-2)11-6-4-5-10(11)7-12/h4-7,9H,3,8H2,1-2H3. The summed E-state index contributed by atoms with van der Waals surface area (Å²) in [7, 11) is 1.67. The predicted octanol–water partition coefficient (Wildman–Crippen LogP) is 1.90. The Balaban J connectivity index is 2.83. The molecule has 0 aliphatic heterocycles. The number of methoxy groups -OCH3 is 1. The summed E-state index contributed by atoms with van der Waals surface area (Å²) in [6.45, 7) is 2.73. The Hall–Kier alpha value is -1.09. The van der Waals surface area contributed by atoms with Gasteiger partial charge in [0.1, 0.15) is 0 Å². The van der Waals surface area contributed by atoms with Crippen LogP contribution in [0.15, 0.2) is 18.3 Å². The molecule has 1 heterocycles. The molecule has 0 bridgehead atoms. The monoisotopic (exact) mass is 181 g/mol. The van der Waals surface area contributed by atoms with E-state index in [0.717, 1.165) is 12.7 Å². The molecule has 1 aromatic rings. The van der Waals surface area contributed by atoms with E-state index >= 15 is 0 Å². The van der Waals surface area contributed by atoms with Gasteiger partial charge in [-0.25, -0.2) is 0 Å². The summed E-state index contributed by atoms with van der Waals surface area (Å²) < 4.78 is 7.04. The first-order chi connectivity index (χ1) is 6.33. The molecule has 3 nitrogen and oxygen atoms in total. The van der Waals surface area contributed by atoms with Crippen molar-refractivity contribution in [2.75, 3.05) is 13.7 Å². The summed E-state index contributed by atoms with van der Waals surface area (Å²) in [5.41, 5.74) is 0.712. The van der Waals surface area contributed by atoms with E-state index in [0.29, 0.717) is 12.3 Å². The molecule has 1 unspecified atom stereocenters. The third-order valence-electron chi connectivity index (χ3n) is 2.16. The third-order valence-corrected chi connectivity index (χ3v) is 2.16. The molecule has 0 aliphatic rings. The van der Waals surface area contributed by atoms with Crippen LogP contribution in [0.25, 0.3) is 0 Å². The van der Waals surface area contributed by atoms with Gasteiger partial charge in [0.2, 0.25) is 0 Å². The Kier molecular flexibility index (Phi) is 3.71. The number of nitrogens with zero attached hydrogens (tertiary/aromatic N) is 1. The molecule has 0 saturated carbocycles. The van der Waals surface area contributed by atoms with Crippen molar-refractivity contribution in [3.8, 4) is 0 Å². The molecule has 0 spiro atoms. The van der Waals surface area contributed by atoms with Gasteiger partial charge in [0.25, 0.3) is 0 Å². The molecule has 13 heavy (non-hydrogen) atoms. The van der Waals surface area contributed by atoms with E-state index in [2.05, 4.69) is 6.92 Å².